The summed E-state index contributed by atoms with van der Waals surface area (Å²) in [6, 6.07) is 17.8. The van der Waals surface area contributed by atoms with Gasteiger partial charge in [-0.15, -0.1) is 16.4 Å². The first kappa shape index (κ1) is 16.6. The lowest BCUT2D eigenvalue weighted by atomic mass is 10.1. The highest BCUT2D eigenvalue weighted by Crippen LogP contribution is 2.30. The molecule has 0 radical (unpaired) electrons. The number of rotatable bonds is 4. The van der Waals surface area contributed by atoms with Crippen molar-refractivity contribution in [3.05, 3.63) is 70.5 Å². The van der Waals surface area contributed by atoms with Crippen LogP contribution >= 0.6 is 22.9 Å². The van der Waals surface area contributed by atoms with Crippen molar-refractivity contribution in [1.82, 2.24) is 14.6 Å². The van der Waals surface area contributed by atoms with E-state index in [-0.39, 0.29) is 5.91 Å². The Kier molecular flexibility index (Phi) is 4.55. The van der Waals surface area contributed by atoms with Crippen molar-refractivity contribution in [1.29, 1.82) is 0 Å². The van der Waals surface area contributed by atoms with Crippen LogP contribution < -0.4 is 5.32 Å². The van der Waals surface area contributed by atoms with Crippen LogP contribution in [0.5, 0.6) is 0 Å². The minimum absolute atomic E-state index is 0.196. The van der Waals surface area contributed by atoms with Gasteiger partial charge < -0.3 is 5.32 Å². The van der Waals surface area contributed by atoms with Gasteiger partial charge in [-0.1, -0.05) is 47.0 Å². The van der Waals surface area contributed by atoms with Crippen molar-refractivity contribution in [2.24, 2.45) is 0 Å². The van der Waals surface area contributed by atoms with Gasteiger partial charge in [-0.2, -0.15) is 0 Å². The molecule has 0 aliphatic rings. The predicted molar refractivity (Wildman–Crippen MR) is 106 cm³/mol. The molecule has 0 unspecified atom stereocenters. The molecule has 2 heterocycles. The molecule has 26 heavy (non-hydrogen) atoms. The van der Waals surface area contributed by atoms with Gasteiger partial charge in [-0.25, -0.2) is 4.98 Å². The average molecular weight is 378 g/mol. The standard InChI is InChI=1S/C19H14N4OS2/c1-12-17(26-23-22-12)18(24)20-15-9-5-8-14(10-15)16-11-25-19(21-16)13-6-3-2-4-7-13/h2-11H,1H3,(H,20,24). The summed E-state index contributed by atoms with van der Waals surface area (Å²) in [7, 11) is 0. The Morgan fingerprint density at radius 3 is 2.62 bits per heavy atom. The molecule has 2 aromatic heterocycles. The highest BCUT2D eigenvalue weighted by molar-refractivity contribution is 7.13. The van der Waals surface area contributed by atoms with E-state index in [0.29, 0.717) is 10.6 Å². The summed E-state index contributed by atoms with van der Waals surface area (Å²) < 4.78 is 3.80. The van der Waals surface area contributed by atoms with E-state index in [1.807, 2.05) is 60.0 Å². The smallest absolute Gasteiger partial charge is 0.269 e. The Morgan fingerprint density at radius 1 is 1.04 bits per heavy atom. The van der Waals surface area contributed by atoms with Crippen LogP contribution in [0.3, 0.4) is 0 Å². The van der Waals surface area contributed by atoms with Crippen molar-refractivity contribution in [2.45, 2.75) is 6.92 Å². The average Bonchev–Trinajstić information content (AvgIpc) is 3.32. The molecule has 0 saturated heterocycles. The van der Waals surface area contributed by atoms with Crippen molar-refractivity contribution in [2.75, 3.05) is 5.32 Å². The third kappa shape index (κ3) is 3.40. The normalized spacial score (nSPS) is 10.7. The Labute approximate surface area is 158 Å². The number of aryl methyl sites for hydroxylation is 1. The number of hydrogen-bond donors (Lipinski definition) is 1. The summed E-state index contributed by atoms with van der Waals surface area (Å²) in [5, 5.41) is 9.78. The second kappa shape index (κ2) is 7.15. The molecule has 4 aromatic rings. The third-order valence-corrected chi connectivity index (χ3v) is 5.52. The molecular formula is C19H14N4OS2. The van der Waals surface area contributed by atoms with E-state index in [2.05, 4.69) is 14.9 Å². The maximum absolute atomic E-state index is 12.3. The minimum Gasteiger partial charge on any atom is -0.321 e. The number of carbonyl (C=O) groups excluding carboxylic acids is 1. The van der Waals surface area contributed by atoms with E-state index >= 15 is 0 Å². The van der Waals surface area contributed by atoms with Gasteiger partial charge in [0.15, 0.2) is 0 Å². The number of hydrogen-bond acceptors (Lipinski definition) is 6. The summed E-state index contributed by atoms with van der Waals surface area (Å²) in [6.07, 6.45) is 0. The summed E-state index contributed by atoms with van der Waals surface area (Å²) in [6.45, 7) is 1.77. The molecule has 0 aliphatic heterocycles. The molecule has 1 amide bonds. The van der Waals surface area contributed by atoms with Crippen LogP contribution in [0, 0.1) is 6.92 Å². The Hall–Kier alpha value is -2.90. The van der Waals surface area contributed by atoms with E-state index in [4.69, 9.17) is 4.98 Å². The van der Waals surface area contributed by atoms with Crippen molar-refractivity contribution >= 4 is 34.5 Å². The van der Waals surface area contributed by atoms with Gasteiger partial charge in [0, 0.05) is 22.2 Å². The topological polar surface area (TPSA) is 67.8 Å². The molecule has 0 fully saturated rings. The number of anilines is 1. The first-order valence-corrected chi connectivity index (χ1v) is 9.58. The van der Waals surface area contributed by atoms with Gasteiger partial charge in [0.2, 0.25) is 0 Å². The van der Waals surface area contributed by atoms with E-state index in [1.165, 1.54) is 0 Å². The SMILES string of the molecule is Cc1nnsc1C(=O)Nc1cccc(-c2csc(-c3ccccc3)n2)c1. The fourth-order valence-corrected chi connectivity index (χ4v) is 3.89. The number of amides is 1. The van der Waals surface area contributed by atoms with E-state index in [1.54, 1.807) is 18.3 Å². The molecule has 0 bridgehead atoms. The lowest BCUT2D eigenvalue weighted by Crippen LogP contribution is -2.11. The number of carbonyl (C=O) groups is 1. The van der Waals surface area contributed by atoms with Crippen LogP contribution in [0.2, 0.25) is 0 Å². The van der Waals surface area contributed by atoms with Crippen molar-refractivity contribution < 1.29 is 4.79 Å². The second-order valence-electron chi connectivity index (χ2n) is 5.63. The number of benzene rings is 2. The first-order valence-electron chi connectivity index (χ1n) is 7.92. The lowest BCUT2D eigenvalue weighted by molar-refractivity contribution is 0.103. The molecule has 0 aliphatic carbocycles. The van der Waals surface area contributed by atoms with E-state index < -0.39 is 0 Å². The van der Waals surface area contributed by atoms with Crippen molar-refractivity contribution in [3.63, 3.8) is 0 Å². The molecule has 2 aromatic carbocycles. The van der Waals surface area contributed by atoms with Crippen LogP contribution in [0.15, 0.2) is 60.0 Å². The Bertz CT molecular complexity index is 1060. The maximum Gasteiger partial charge on any atom is 0.269 e. The molecule has 4 rings (SSSR count). The van der Waals surface area contributed by atoms with Gasteiger partial charge in [-0.05, 0) is 30.6 Å². The maximum atomic E-state index is 12.3. The fourth-order valence-electron chi connectivity index (χ4n) is 2.50. The number of thiazole rings is 1. The summed E-state index contributed by atoms with van der Waals surface area (Å²) >= 11 is 2.70. The predicted octanol–water partition coefficient (Wildman–Crippen LogP) is 4.89. The molecule has 128 valence electrons. The minimum atomic E-state index is -0.196. The fraction of sp³-hybridized carbons (Fsp3) is 0.0526. The molecule has 0 atom stereocenters. The van der Waals surface area contributed by atoms with Gasteiger partial charge in [0.25, 0.3) is 5.91 Å². The quantitative estimate of drug-likeness (QED) is 0.549. The second-order valence-corrected chi connectivity index (χ2v) is 7.24. The molecule has 0 spiro atoms. The zero-order valence-electron chi connectivity index (χ0n) is 13.8. The molecular weight excluding hydrogens is 364 g/mol. The van der Waals surface area contributed by atoms with Gasteiger partial charge in [-0.3, -0.25) is 4.79 Å². The highest BCUT2D eigenvalue weighted by atomic mass is 32.1. The van der Waals surface area contributed by atoms with Gasteiger partial charge in [0.1, 0.15) is 9.88 Å². The third-order valence-electron chi connectivity index (χ3n) is 3.80. The monoisotopic (exact) mass is 378 g/mol. The Balaban J connectivity index is 1.57. The number of aromatic nitrogens is 3. The lowest BCUT2D eigenvalue weighted by Gasteiger charge is -2.05. The summed E-state index contributed by atoms with van der Waals surface area (Å²) in [5.41, 5.74) is 4.30. The molecule has 0 saturated carbocycles. The van der Waals surface area contributed by atoms with Crippen LogP contribution in [-0.4, -0.2) is 20.5 Å². The van der Waals surface area contributed by atoms with E-state index in [9.17, 15) is 4.79 Å². The van der Waals surface area contributed by atoms with Crippen LogP contribution in [0.25, 0.3) is 21.8 Å². The summed E-state index contributed by atoms with van der Waals surface area (Å²) in [5.74, 6) is -0.196. The van der Waals surface area contributed by atoms with Crippen LogP contribution in [0.1, 0.15) is 15.4 Å². The molecule has 7 heteroatoms. The van der Waals surface area contributed by atoms with Gasteiger partial charge in [0.05, 0.1) is 11.4 Å². The zero-order valence-corrected chi connectivity index (χ0v) is 15.5. The largest absolute Gasteiger partial charge is 0.321 e. The summed E-state index contributed by atoms with van der Waals surface area (Å²) in [4.78, 5) is 17.6. The Morgan fingerprint density at radius 2 is 1.85 bits per heavy atom. The number of nitrogens with one attached hydrogen (secondary N) is 1. The molecule has 1 N–H and O–H groups in total. The van der Waals surface area contributed by atoms with E-state index in [0.717, 1.165) is 39.0 Å². The highest BCUT2D eigenvalue weighted by Gasteiger charge is 2.14. The first-order chi connectivity index (χ1) is 12.7. The van der Waals surface area contributed by atoms with Gasteiger partial charge >= 0.3 is 0 Å². The zero-order chi connectivity index (χ0) is 17.9. The van der Waals surface area contributed by atoms with Crippen LogP contribution in [0.4, 0.5) is 5.69 Å². The number of nitrogens with zero attached hydrogens (tertiary/aromatic N) is 3. The van der Waals surface area contributed by atoms with Crippen molar-refractivity contribution in [3.8, 4) is 21.8 Å². The molecule has 5 nitrogen and oxygen atoms in total. The van der Waals surface area contributed by atoms with Crippen LogP contribution in [-0.2, 0) is 0 Å².